The second kappa shape index (κ2) is 8.33. The van der Waals surface area contributed by atoms with E-state index in [1.165, 1.54) is 19.1 Å². The molecule has 0 atom stereocenters. The van der Waals surface area contributed by atoms with Gasteiger partial charge in [-0.25, -0.2) is 8.42 Å². The summed E-state index contributed by atoms with van der Waals surface area (Å²) in [5.74, 6) is -0.777. The molecule has 0 spiro atoms. The lowest BCUT2D eigenvalue weighted by atomic mass is 10.2. The molecule has 2 N–H and O–H groups in total. The molecule has 0 aliphatic rings. The predicted molar refractivity (Wildman–Crippen MR) is 103 cm³/mol. The number of nitrogens with one attached hydrogen (secondary N) is 2. The van der Waals surface area contributed by atoms with E-state index in [9.17, 15) is 18.0 Å². The maximum absolute atomic E-state index is 12.3. The Morgan fingerprint density at radius 3 is 2.00 bits per heavy atom. The molecule has 0 fully saturated rings. The summed E-state index contributed by atoms with van der Waals surface area (Å²) in [5.41, 5.74) is 1.71. The van der Waals surface area contributed by atoms with E-state index >= 15 is 0 Å². The Morgan fingerprint density at radius 1 is 1.00 bits per heavy atom. The second-order valence-corrected chi connectivity index (χ2v) is 7.64. The number of carbonyl (C=O) groups is 2. The third kappa shape index (κ3) is 5.83. The van der Waals surface area contributed by atoms with Crippen LogP contribution in [0.1, 0.15) is 12.5 Å². The molecule has 0 unspecified atom stereocenters. The average molecular weight is 386 g/mol. The molecule has 2 aromatic rings. The molecule has 2 aromatic carbocycles. The van der Waals surface area contributed by atoms with Gasteiger partial charge in [0, 0.05) is 18.3 Å². The summed E-state index contributed by atoms with van der Waals surface area (Å²) in [6.07, 6.45) is 1.00. The topological polar surface area (TPSA) is 119 Å². The van der Waals surface area contributed by atoms with Crippen LogP contribution in [0, 0.1) is 11.3 Å². The number of hydrogen-bond donors (Lipinski definition) is 2. The standard InChI is InChI=1S/C18H18N4O4S/c1-13(23)20-15-7-9-17(10-8-15)22(27(2,25)26)12-18(24)21-16-5-3-14(11-19)4-6-16/h3-10H,12H2,1-2H3,(H,20,23)(H,21,24). The highest BCUT2D eigenvalue weighted by molar-refractivity contribution is 7.92. The predicted octanol–water partition coefficient (Wildman–Crippen LogP) is 1.92. The van der Waals surface area contributed by atoms with E-state index in [2.05, 4.69) is 10.6 Å². The van der Waals surface area contributed by atoms with E-state index in [1.807, 2.05) is 6.07 Å². The first-order chi connectivity index (χ1) is 12.7. The molecule has 140 valence electrons. The third-order valence-corrected chi connectivity index (χ3v) is 4.60. The van der Waals surface area contributed by atoms with Crippen LogP contribution in [0.15, 0.2) is 48.5 Å². The highest BCUT2D eigenvalue weighted by Crippen LogP contribution is 2.20. The molecule has 9 heteroatoms. The summed E-state index contributed by atoms with van der Waals surface area (Å²) in [7, 11) is -3.71. The van der Waals surface area contributed by atoms with Crippen LogP contribution in [-0.4, -0.2) is 33.0 Å². The highest BCUT2D eigenvalue weighted by atomic mass is 32.2. The molecule has 0 aliphatic carbocycles. The molecule has 2 rings (SSSR count). The lowest BCUT2D eigenvalue weighted by Gasteiger charge is -2.22. The van der Waals surface area contributed by atoms with E-state index in [0.29, 0.717) is 22.6 Å². The minimum atomic E-state index is -3.71. The monoisotopic (exact) mass is 386 g/mol. The summed E-state index contributed by atoms with van der Waals surface area (Å²) >= 11 is 0. The molecule has 0 bridgehead atoms. The molecule has 0 saturated carbocycles. The summed E-state index contributed by atoms with van der Waals surface area (Å²) in [5, 5.41) is 14.0. The molecule has 0 saturated heterocycles. The van der Waals surface area contributed by atoms with Gasteiger partial charge in [-0.3, -0.25) is 13.9 Å². The summed E-state index contributed by atoms with van der Waals surface area (Å²) in [6, 6.07) is 14.3. The molecular formula is C18H18N4O4S. The minimum absolute atomic E-state index is 0.246. The van der Waals surface area contributed by atoms with Crippen LogP contribution < -0.4 is 14.9 Å². The van der Waals surface area contributed by atoms with Crippen molar-refractivity contribution < 1.29 is 18.0 Å². The zero-order chi connectivity index (χ0) is 20.0. The fourth-order valence-corrected chi connectivity index (χ4v) is 3.13. The molecule has 0 aliphatic heterocycles. The molecule has 0 heterocycles. The average Bonchev–Trinajstić information content (AvgIpc) is 2.60. The summed E-state index contributed by atoms with van der Waals surface area (Å²) in [6.45, 7) is 0.947. The Kier molecular flexibility index (Phi) is 6.15. The molecular weight excluding hydrogens is 368 g/mol. The lowest BCUT2D eigenvalue weighted by molar-refractivity contribution is -0.115. The number of benzene rings is 2. The Morgan fingerprint density at radius 2 is 1.52 bits per heavy atom. The Bertz CT molecular complexity index is 978. The van der Waals surface area contributed by atoms with Crippen LogP contribution in [-0.2, 0) is 19.6 Å². The number of amides is 2. The van der Waals surface area contributed by atoms with E-state index in [1.54, 1.807) is 36.4 Å². The van der Waals surface area contributed by atoms with Gasteiger partial charge in [-0.15, -0.1) is 0 Å². The maximum atomic E-state index is 12.3. The van der Waals surface area contributed by atoms with E-state index in [4.69, 9.17) is 5.26 Å². The number of rotatable bonds is 6. The van der Waals surface area contributed by atoms with Crippen LogP contribution in [0.25, 0.3) is 0 Å². The third-order valence-electron chi connectivity index (χ3n) is 3.46. The van der Waals surface area contributed by atoms with Crippen molar-refractivity contribution >= 4 is 38.9 Å². The van der Waals surface area contributed by atoms with E-state index < -0.39 is 22.5 Å². The first-order valence-electron chi connectivity index (χ1n) is 7.84. The van der Waals surface area contributed by atoms with Gasteiger partial charge in [0.05, 0.1) is 23.6 Å². The zero-order valence-electron chi connectivity index (χ0n) is 14.8. The smallest absolute Gasteiger partial charge is 0.245 e. The van der Waals surface area contributed by atoms with Crippen LogP contribution >= 0.6 is 0 Å². The number of anilines is 3. The van der Waals surface area contributed by atoms with Gasteiger partial charge >= 0.3 is 0 Å². The van der Waals surface area contributed by atoms with Gasteiger partial charge in [0.1, 0.15) is 6.54 Å². The maximum Gasteiger partial charge on any atom is 0.245 e. The number of nitrogens with zero attached hydrogens (tertiary/aromatic N) is 2. The van der Waals surface area contributed by atoms with Crippen LogP contribution in [0.4, 0.5) is 17.1 Å². The fraction of sp³-hybridized carbons (Fsp3) is 0.167. The van der Waals surface area contributed by atoms with Crippen molar-refractivity contribution in [3.8, 4) is 6.07 Å². The first-order valence-corrected chi connectivity index (χ1v) is 9.69. The summed E-state index contributed by atoms with van der Waals surface area (Å²) < 4.78 is 25.2. The van der Waals surface area contributed by atoms with Crippen molar-refractivity contribution in [3.63, 3.8) is 0 Å². The van der Waals surface area contributed by atoms with Crippen molar-refractivity contribution in [2.45, 2.75) is 6.92 Å². The first kappa shape index (κ1) is 19.9. The number of nitriles is 1. The van der Waals surface area contributed by atoms with Crippen molar-refractivity contribution in [3.05, 3.63) is 54.1 Å². The number of sulfonamides is 1. The van der Waals surface area contributed by atoms with Crippen LogP contribution in [0.3, 0.4) is 0 Å². The van der Waals surface area contributed by atoms with Crippen molar-refractivity contribution in [1.29, 1.82) is 5.26 Å². The van der Waals surface area contributed by atoms with Gasteiger partial charge in [-0.1, -0.05) is 0 Å². The van der Waals surface area contributed by atoms with Crippen molar-refractivity contribution in [2.24, 2.45) is 0 Å². The Balaban J connectivity index is 2.15. The van der Waals surface area contributed by atoms with E-state index in [-0.39, 0.29) is 5.91 Å². The Hall–Kier alpha value is -3.38. The SMILES string of the molecule is CC(=O)Nc1ccc(N(CC(=O)Nc2ccc(C#N)cc2)S(C)(=O)=O)cc1. The quantitative estimate of drug-likeness (QED) is 0.786. The molecule has 2 amide bonds. The Labute approximate surface area is 157 Å². The molecule has 0 radical (unpaired) electrons. The van der Waals surface area contributed by atoms with Gasteiger partial charge in [0.25, 0.3) is 0 Å². The lowest BCUT2D eigenvalue weighted by Crippen LogP contribution is -2.37. The molecule has 0 aromatic heterocycles. The van der Waals surface area contributed by atoms with Crippen LogP contribution in [0.5, 0.6) is 0 Å². The largest absolute Gasteiger partial charge is 0.326 e. The zero-order valence-corrected chi connectivity index (χ0v) is 15.6. The van der Waals surface area contributed by atoms with E-state index in [0.717, 1.165) is 10.6 Å². The highest BCUT2D eigenvalue weighted by Gasteiger charge is 2.21. The normalized spacial score (nSPS) is 10.6. The second-order valence-electron chi connectivity index (χ2n) is 5.74. The van der Waals surface area contributed by atoms with Gasteiger partial charge in [-0.05, 0) is 48.5 Å². The number of hydrogen-bond acceptors (Lipinski definition) is 5. The van der Waals surface area contributed by atoms with Gasteiger partial charge in [-0.2, -0.15) is 5.26 Å². The molecule has 8 nitrogen and oxygen atoms in total. The van der Waals surface area contributed by atoms with Gasteiger partial charge in [0.2, 0.25) is 21.8 Å². The fourth-order valence-electron chi connectivity index (χ4n) is 2.27. The van der Waals surface area contributed by atoms with Gasteiger partial charge in [0.15, 0.2) is 0 Å². The van der Waals surface area contributed by atoms with Crippen molar-refractivity contribution in [2.75, 3.05) is 27.7 Å². The summed E-state index contributed by atoms with van der Waals surface area (Å²) in [4.78, 5) is 23.3. The molecule has 27 heavy (non-hydrogen) atoms. The van der Waals surface area contributed by atoms with Gasteiger partial charge < -0.3 is 10.6 Å². The minimum Gasteiger partial charge on any atom is -0.326 e. The number of carbonyl (C=O) groups excluding carboxylic acids is 2. The van der Waals surface area contributed by atoms with Crippen LogP contribution in [0.2, 0.25) is 0 Å². The van der Waals surface area contributed by atoms with Crippen molar-refractivity contribution in [1.82, 2.24) is 0 Å².